The van der Waals surface area contributed by atoms with Crippen LogP contribution >= 0.6 is 0 Å². The molecule has 1 N–H and O–H groups in total. The smallest absolute Gasteiger partial charge is 0.309 e. The largest absolute Gasteiger partial charge is 0.507 e. The highest BCUT2D eigenvalue weighted by Gasteiger charge is 2.22. The number of rotatable bonds is 8. The third kappa shape index (κ3) is 6.60. The molecule has 0 atom stereocenters. The van der Waals surface area contributed by atoms with Crippen molar-refractivity contribution >= 4 is 5.97 Å². The average molecular weight is 524 g/mol. The highest BCUT2D eigenvalue weighted by atomic mass is 16.6. The van der Waals surface area contributed by atoms with Gasteiger partial charge in [-0.25, -0.2) is 15.0 Å². The molecule has 1 heterocycles. The minimum Gasteiger partial charge on any atom is -0.507 e. The van der Waals surface area contributed by atoms with Gasteiger partial charge >= 0.3 is 5.97 Å². The molecule has 1 fully saturated rings. The molecule has 1 aromatic heterocycles. The summed E-state index contributed by atoms with van der Waals surface area (Å²) in [4.78, 5) is 26.3. The van der Waals surface area contributed by atoms with Crippen LogP contribution < -0.4 is 4.74 Å². The van der Waals surface area contributed by atoms with E-state index in [-0.39, 0.29) is 30.9 Å². The zero-order valence-electron chi connectivity index (χ0n) is 22.4. The summed E-state index contributed by atoms with van der Waals surface area (Å²) >= 11 is 0. The topological polar surface area (TPSA) is 94.4 Å². The van der Waals surface area contributed by atoms with Crippen molar-refractivity contribution < 1.29 is 19.4 Å². The van der Waals surface area contributed by atoms with Crippen molar-refractivity contribution in [3.8, 4) is 45.7 Å². The van der Waals surface area contributed by atoms with Crippen LogP contribution in [-0.4, -0.2) is 39.2 Å². The van der Waals surface area contributed by atoms with Crippen molar-refractivity contribution in [2.24, 2.45) is 5.92 Å². The Morgan fingerprint density at radius 2 is 1.33 bits per heavy atom. The van der Waals surface area contributed by atoms with Gasteiger partial charge in [-0.05, 0) is 38.8 Å². The van der Waals surface area contributed by atoms with Crippen LogP contribution in [0.25, 0.3) is 34.2 Å². The Labute approximate surface area is 228 Å². The van der Waals surface area contributed by atoms with Gasteiger partial charge < -0.3 is 14.6 Å². The van der Waals surface area contributed by atoms with Crippen molar-refractivity contribution in [1.29, 1.82) is 0 Å². The zero-order chi connectivity index (χ0) is 27.2. The molecule has 0 spiro atoms. The number of phenols is 1. The predicted molar refractivity (Wildman–Crippen MR) is 150 cm³/mol. The van der Waals surface area contributed by atoms with Gasteiger partial charge in [0.1, 0.15) is 24.7 Å². The third-order valence-electron chi connectivity index (χ3n) is 7.00. The van der Waals surface area contributed by atoms with Crippen LogP contribution in [0.4, 0.5) is 0 Å². The van der Waals surface area contributed by atoms with Crippen molar-refractivity contribution in [1.82, 2.24) is 15.0 Å². The maximum atomic E-state index is 12.2. The second-order valence-electron chi connectivity index (χ2n) is 10.1. The Hall–Kier alpha value is -4.26. The molecule has 5 rings (SSSR count). The molecule has 1 saturated carbocycles. The molecular formula is C32H33N3O4. The molecule has 1 aliphatic carbocycles. The maximum Gasteiger partial charge on any atom is 0.309 e. The van der Waals surface area contributed by atoms with Crippen molar-refractivity contribution in [2.75, 3.05) is 13.2 Å². The van der Waals surface area contributed by atoms with Gasteiger partial charge in [0.2, 0.25) is 0 Å². The lowest BCUT2D eigenvalue weighted by Crippen LogP contribution is -2.22. The quantitative estimate of drug-likeness (QED) is 0.203. The molecule has 7 heteroatoms. The predicted octanol–water partition coefficient (Wildman–Crippen LogP) is 6.70. The van der Waals surface area contributed by atoms with Crippen LogP contribution in [0.1, 0.15) is 43.2 Å². The Kier molecular flexibility index (Phi) is 8.16. The van der Waals surface area contributed by atoms with Crippen molar-refractivity contribution in [3.05, 3.63) is 77.9 Å². The SMILES string of the molecule is Cc1ccc(-c2nc(-c3ccc(C)cc3)nc(-c3ccc(OCCOC(=O)C4CCCCC4)cc3O)n2)cc1. The number of nitrogens with zero attached hydrogens (tertiary/aromatic N) is 3. The van der Waals surface area contributed by atoms with E-state index in [1.165, 1.54) is 12.5 Å². The molecule has 0 unspecified atom stereocenters. The summed E-state index contributed by atoms with van der Waals surface area (Å²) in [6.07, 6.45) is 5.17. The van der Waals surface area contributed by atoms with Gasteiger partial charge in [-0.1, -0.05) is 78.9 Å². The third-order valence-corrected chi connectivity index (χ3v) is 7.00. The molecule has 0 aliphatic heterocycles. The van der Waals surface area contributed by atoms with Crippen LogP contribution in [0.15, 0.2) is 66.7 Å². The highest BCUT2D eigenvalue weighted by molar-refractivity contribution is 5.72. The summed E-state index contributed by atoms with van der Waals surface area (Å²) in [5.41, 5.74) is 4.47. The Morgan fingerprint density at radius 3 is 1.90 bits per heavy atom. The van der Waals surface area contributed by atoms with Gasteiger partial charge in [0, 0.05) is 17.2 Å². The molecule has 0 saturated heterocycles. The first kappa shape index (κ1) is 26.4. The zero-order valence-corrected chi connectivity index (χ0v) is 22.4. The van der Waals surface area contributed by atoms with E-state index in [0.29, 0.717) is 28.8 Å². The number of aromatic nitrogens is 3. The number of ether oxygens (including phenoxy) is 2. The standard InChI is InChI=1S/C32H33N3O4/c1-21-8-12-23(13-9-21)29-33-30(24-14-10-22(2)11-15-24)35-31(34-29)27-17-16-26(20-28(27)36)38-18-19-39-32(37)25-6-4-3-5-7-25/h8-17,20,25,36H,3-7,18-19H2,1-2H3. The number of carbonyl (C=O) groups excluding carboxylic acids is 1. The molecular weight excluding hydrogens is 490 g/mol. The first-order valence-electron chi connectivity index (χ1n) is 13.5. The fourth-order valence-electron chi connectivity index (χ4n) is 4.71. The lowest BCUT2D eigenvalue weighted by molar-refractivity contribution is -0.150. The van der Waals surface area contributed by atoms with Crippen LogP contribution in [-0.2, 0) is 9.53 Å². The van der Waals surface area contributed by atoms with Gasteiger partial charge in [0.05, 0.1) is 11.5 Å². The van der Waals surface area contributed by atoms with Gasteiger partial charge in [0.15, 0.2) is 17.5 Å². The van der Waals surface area contributed by atoms with E-state index in [4.69, 9.17) is 24.4 Å². The number of aromatic hydroxyl groups is 1. The number of carbonyl (C=O) groups is 1. The van der Waals surface area contributed by atoms with E-state index in [9.17, 15) is 9.90 Å². The van der Waals surface area contributed by atoms with Gasteiger partial charge in [0.25, 0.3) is 0 Å². The first-order chi connectivity index (χ1) is 19.0. The minimum absolute atomic E-state index is 0.0111. The molecule has 1 aliphatic rings. The number of aryl methyl sites for hydroxylation is 2. The molecule has 0 bridgehead atoms. The summed E-state index contributed by atoms with van der Waals surface area (Å²) in [6.45, 7) is 4.44. The summed E-state index contributed by atoms with van der Waals surface area (Å²) in [7, 11) is 0. The Morgan fingerprint density at radius 1 is 0.769 bits per heavy atom. The number of hydrogen-bond acceptors (Lipinski definition) is 7. The normalized spacial score (nSPS) is 13.7. The van der Waals surface area contributed by atoms with Gasteiger partial charge in [-0.15, -0.1) is 0 Å². The van der Waals surface area contributed by atoms with E-state index < -0.39 is 0 Å². The average Bonchev–Trinajstić information content (AvgIpc) is 2.96. The summed E-state index contributed by atoms with van der Waals surface area (Å²) in [5.74, 6) is 1.74. The number of benzene rings is 3. The van der Waals surface area contributed by atoms with Gasteiger partial charge in [-0.3, -0.25) is 4.79 Å². The van der Waals surface area contributed by atoms with Crippen LogP contribution in [0.3, 0.4) is 0 Å². The molecule has 4 aromatic rings. The second-order valence-corrected chi connectivity index (χ2v) is 10.1. The van der Waals surface area contributed by atoms with Crippen molar-refractivity contribution in [3.63, 3.8) is 0 Å². The number of hydrogen-bond donors (Lipinski definition) is 1. The second kappa shape index (κ2) is 12.1. The monoisotopic (exact) mass is 523 g/mol. The Balaban J connectivity index is 1.34. The first-order valence-corrected chi connectivity index (χ1v) is 13.5. The van der Waals surface area contributed by atoms with Crippen LogP contribution in [0.5, 0.6) is 11.5 Å². The lowest BCUT2D eigenvalue weighted by Gasteiger charge is -2.19. The minimum atomic E-state index is -0.139. The molecule has 3 aromatic carbocycles. The highest BCUT2D eigenvalue weighted by Crippen LogP contribution is 2.33. The molecule has 0 radical (unpaired) electrons. The summed E-state index contributed by atoms with van der Waals surface area (Å²) < 4.78 is 11.1. The van der Waals surface area contributed by atoms with Crippen LogP contribution in [0.2, 0.25) is 0 Å². The van der Waals surface area contributed by atoms with E-state index in [0.717, 1.165) is 47.9 Å². The van der Waals surface area contributed by atoms with Crippen LogP contribution in [0, 0.1) is 19.8 Å². The number of phenolic OH excluding ortho intramolecular Hbond substituents is 1. The van der Waals surface area contributed by atoms with Crippen molar-refractivity contribution in [2.45, 2.75) is 46.0 Å². The molecule has 200 valence electrons. The number of esters is 1. The lowest BCUT2D eigenvalue weighted by atomic mass is 9.89. The van der Waals surface area contributed by atoms with E-state index in [1.54, 1.807) is 12.1 Å². The molecule has 0 amide bonds. The summed E-state index contributed by atoms with van der Waals surface area (Å²) in [6, 6.07) is 21.0. The molecule has 39 heavy (non-hydrogen) atoms. The van der Waals surface area contributed by atoms with E-state index >= 15 is 0 Å². The summed E-state index contributed by atoms with van der Waals surface area (Å²) in [5, 5.41) is 10.9. The molecule has 7 nitrogen and oxygen atoms in total. The fraction of sp³-hybridized carbons (Fsp3) is 0.312. The fourth-order valence-corrected chi connectivity index (χ4v) is 4.71. The van der Waals surface area contributed by atoms with E-state index in [1.807, 2.05) is 62.4 Å². The van der Waals surface area contributed by atoms with E-state index in [2.05, 4.69) is 0 Å². The Bertz CT molecular complexity index is 1370. The maximum absolute atomic E-state index is 12.2. The van der Waals surface area contributed by atoms with Gasteiger partial charge in [-0.2, -0.15) is 0 Å².